The Bertz CT molecular complexity index is 293. The normalized spacial score (nSPS) is 27.7. The molecule has 0 aromatic rings. The summed E-state index contributed by atoms with van der Waals surface area (Å²) < 4.78 is 0. The molecule has 1 amide bonds. The summed E-state index contributed by atoms with van der Waals surface area (Å²) in [6.45, 7) is 0.0846. The lowest BCUT2D eigenvalue weighted by atomic mass is 9.81. The fraction of sp³-hybridized carbons (Fsp3) is 0.786. The van der Waals surface area contributed by atoms with Crippen LogP contribution in [0.3, 0.4) is 0 Å². The van der Waals surface area contributed by atoms with Crippen molar-refractivity contribution in [2.45, 2.75) is 56.9 Å². The van der Waals surface area contributed by atoms with Crippen LogP contribution in [0.25, 0.3) is 0 Å². The lowest BCUT2D eigenvalue weighted by Gasteiger charge is -2.37. The van der Waals surface area contributed by atoms with E-state index in [1.54, 1.807) is 0 Å². The SMILES string of the molecule is O=C(NC1(CO)CCCCC1)C1CC=CCC1. The van der Waals surface area contributed by atoms with E-state index in [2.05, 4.69) is 17.5 Å². The number of aliphatic hydroxyl groups is 1. The van der Waals surface area contributed by atoms with Gasteiger partial charge in [0.1, 0.15) is 0 Å². The van der Waals surface area contributed by atoms with E-state index in [1.807, 2.05) is 0 Å². The molecule has 0 aromatic heterocycles. The van der Waals surface area contributed by atoms with Gasteiger partial charge in [0.25, 0.3) is 0 Å². The molecule has 0 spiro atoms. The van der Waals surface area contributed by atoms with Gasteiger partial charge >= 0.3 is 0 Å². The molecule has 0 radical (unpaired) electrons. The molecule has 3 nitrogen and oxygen atoms in total. The minimum Gasteiger partial charge on any atom is -0.394 e. The third-order valence-electron chi connectivity index (χ3n) is 4.14. The number of nitrogens with one attached hydrogen (secondary N) is 1. The van der Waals surface area contributed by atoms with Crippen molar-refractivity contribution in [2.75, 3.05) is 6.61 Å². The first-order valence-electron chi connectivity index (χ1n) is 6.84. The van der Waals surface area contributed by atoms with E-state index in [0.29, 0.717) is 0 Å². The van der Waals surface area contributed by atoms with Crippen molar-refractivity contribution < 1.29 is 9.90 Å². The third-order valence-corrected chi connectivity index (χ3v) is 4.14. The van der Waals surface area contributed by atoms with Crippen molar-refractivity contribution in [3.05, 3.63) is 12.2 Å². The Balaban J connectivity index is 1.93. The van der Waals surface area contributed by atoms with Crippen LogP contribution in [-0.4, -0.2) is 23.2 Å². The van der Waals surface area contributed by atoms with Gasteiger partial charge in [-0.15, -0.1) is 0 Å². The Hall–Kier alpha value is -0.830. The monoisotopic (exact) mass is 237 g/mol. The first-order chi connectivity index (χ1) is 8.26. The van der Waals surface area contributed by atoms with Crippen LogP contribution in [0.4, 0.5) is 0 Å². The van der Waals surface area contributed by atoms with Crippen LogP contribution in [0.5, 0.6) is 0 Å². The van der Waals surface area contributed by atoms with Crippen molar-refractivity contribution in [3.63, 3.8) is 0 Å². The first-order valence-corrected chi connectivity index (χ1v) is 6.84. The fourth-order valence-electron chi connectivity index (χ4n) is 2.95. The summed E-state index contributed by atoms with van der Waals surface area (Å²) in [6, 6.07) is 0. The predicted octanol–water partition coefficient (Wildman–Crippen LogP) is 2.15. The summed E-state index contributed by atoms with van der Waals surface area (Å²) in [7, 11) is 0. The van der Waals surface area contributed by atoms with Gasteiger partial charge in [-0.25, -0.2) is 0 Å². The molecular weight excluding hydrogens is 214 g/mol. The van der Waals surface area contributed by atoms with E-state index < -0.39 is 0 Å². The summed E-state index contributed by atoms with van der Waals surface area (Å²) in [5.74, 6) is 0.260. The van der Waals surface area contributed by atoms with Crippen LogP contribution in [0.2, 0.25) is 0 Å². The summed E-state index contributed by atoms with van der Waals surface area (Å²) in [5.41, 5.74) is -0.323. The molecule has 1 atom stereocenters. The Morgan fingerprint density at radius 3 is 2.65 bits per heavy atom. The maximum Gasteiger partial charge on any atom is 0.223 e. The number of carbonyl (C=O) groups is 1. The largest absolute Gasteiger partial charge is 0.394 e. The van der Waals surface area contributed by atoms with Crippen molar-refractivity contribution >= 4 is 5.91 Å². The molecular formula is C14H23NO2. The van der Waals surface area contributed by atoms with E-state index >= 15 is 0 Å². The van der Waals surface area contributed by atoms with Crippen molar-refractivity contribution in [2.24, 2.45) is 5.92 Å². The molecule has 2 aliphatic carbocycles. The van der Waals surface area contributed by atoms with Crippen molar-refractivity contribution in [1.29, 1.82) is 0 Å². The molecule has 0 aromatic carbocycles. The number of aliphatic hydroxyl groups excluding tert-OH is 1. The first kappa shape index (κ1) is 12.6. The number of rotatable bonds is 3. The standard InChI is InChI=1S/C14H23NO2/c16-11-14(9-5-2-6-10-14)15-13(17)12-7-3-1-4-8-12/h1,3,12,16H,2,4-11H2,(H,15,17). The maximum atomic E-state index is 12.2. The van der Waals surface area contributed by atoms with Crippen LogP contribution in [0.1, 0.15) is 51.4 Å². The van der Waals surface area contributed by atoms with Gasteiger partial charge in [-0.05, 0) is 32.1 Å². The highest BCUT2D eigenvalue weighted by molar-refractivity contribution is 5.79. The number of amides is 1. The summed E-state index contributed by atoms with van der Waals surface area (Å²) in [5, 5.41) is 12.7. The quantitative estimate of drug-likeness (QED) is 0.739. The minimum atomic E-state index is -0.323. The Labute approximate surface area is 103 Å². The zero-order chi connectivity index (χ0) is 12.1. The van der Waals surface area contributed by atoms with Gasteiger partial charge in [0.05, 0.1) is 12.1 Å². The Morgan fingerprint density at radius 1 is 1.29 bits per heavy atom. The molecule has 0 bridgehead atoms. The second kappa shape index (κ2) is 5.67. The molecule has 0 aliphatic heterocycles. The highest BCUT2D eigenvalue weighted by Crippen LogP contribution is 2.29. The summed E-state index contributed by atoms with van der Waals surface area (Å²) in [6.07, 6.45) is 12.4. The molecule has 1 saturated carbocycles. The summed E-state index contributed by atoms with van der Waals surface area (Å²) >= 11 is 0. The minimum absolute atomic E-state index is 0.0846. The van der Waals surface area contributed by atoms with Crippen molar-refractivity contribution in [1.82, 2.24) is 5.32 Å². The smallest absolute Gasteiger partial charge is 0.223 e. The lowest BCUT2D eigenvalue weighted by molar-refractivity contribution is -0.128. The van der Waals surface area contributed by atoms with Crippen LogP contribution >= 0.6 is 0 Å². The van der Waals surface area contributed by atoms with Gasteiger partial charge in [0.15, 0.2) is 0 Å². The number of carbonyl (C=O) groups excluding carboxylic acids is 1. The van der Waals surface area contributed by atoms with E-state index in [1.165, 1.54) is 6.42 Å². The number of allylic oxidation sites excluding steroid dienone is 2. The molecule has 0 saturated heterocycles. The Kier molecular flexibility index (Phi) is 4.21. The zero-order valence-electron chi connectivity index (χ0n) is 10.5. The lowest BCUT2D eigenvalue weighted by Crippen LogP contribution is -2.54. The van der Waals surface area contributed by atoms with Crippen molar-refractivity contribution in [3.8, 4) is 0 Å². The topological polar surface area (TPSA) is 49.3 Å². The molecule has 3 heteroatoms. The van der Waals surface area contributed by atoms with Crippen LogP contribution in [-0.2, 0) is 4.79 Å². The van der Waals surface area contributed by atoms with E-state index in [4.69, 9.17) is 0 Å². The van der Waals surface area contributed by atoms with Gasteiger partial charge < -0.3 is 10.4 Å². The van der Waals surface area contributed by atoms with Crippen LogP contribution < -0.4 is 5.32 Å². The fourth-order valence-corrected chi connectivity index (χ4v) is 2.95. The molecule has 1 unspecified atom stereocenters. The predicted molar refractivity (Wildman–Crippen MR) is 67.5 cm³/mol. The van der Waals surface area contributed by atoms with Gasteiger partial charge in [-0.3, -0.25) is 4.79 Å². The molecule has 2 rings (SSSR count). The molecule has 0 heterocycles. The van der Waals surface area contributed by atoms with Gasteiger partial charge in [0, 0.05) is 5.92 Å². The van der Waals surface area contributed by atoms with E-state index in [9.17, 15) is 9.90 Å². The average Bonchev–Trinajstić information content (AvgIpc) is 2.41. The van der Waals surface area contributed by atoms with Crippen LogP contribution in [0.15, 0.2) is 12.2 Å². The average molecular weight is 237 g/mol. The molecule has 17 heavy (non-hydrogen) atoms. The maximum absolute atomic E-state index is 12.2. The molecule has 1 fully saturated rings. The number of hydrogen-bond acceptors (Lipinski definition) is 2. The van der Waals surface area contributed by atoms with E-state index in [-0.39, 0.29) is 24.0 Å². The second-order valence-electron chi connectivity index (χ2n) is 5.47. The highest BCUT2D eigenvalue weighted by atomic mass is 16.3. The third kappa shape index (κ3) is 3.09. The number of hydrogen-bond donors (Lipinski definition) is 2. The molecule has 96 valence electrons. The summed E-state index contributed by atoms with van der Waals surface area (Å²) in [4.78, 5) is 12.2. The molecule has 2 aliphatic rings. The zero-order valence-corrected chi connectivity index (χ0v) is 10.5. The van der Waals surface area contributed by atoms with Gasteiger partial charge in [0.2, 0.25) is 5.91 Å². The Morgan fingerprint density at radius 2 is 2.06 bits per heavy atom. The van der Waals surface area contributed by atoms with Gasteiger partial charge in [-0.2, -0.15) is 0 Å². The van der Waals surface area contributed by atoms with Gasteiger partial charge in [-0.1, -0.05) is 31.4 Å². The second-order valence-corrected chi connectivity index (χ2v) is 5.47. The highest BCUT2D eigenvalue weighted by Gasteiger charge is 2.34. The van der Waals surface area contributed by atoms with Crippen LogP contribution in [0, 0.1) is 5.92 Å². The van der Waals surface area contributed by atoms with E-state index in [0.717, 1.165) is 44.9 Å². The molecule has 2 N–H and O–H groups in total.